The van der Waals surface area contributed by atoms with Gasteiger partial charge in [-0.15, -0.1) is 0 Å². The summed E-state index contributed by atoms with van der Waals surface area (Å²) in [6.45, 7) is 0.287. The normalized spacial score (nSPS) is 22.4. The molecule has 8 heteroatoms. The predicted molar refractivity (Wildman–Crippen MR) is 221 cm³/mol. The topological polar surface area (TPSA) is 55.4 Å². The molecule has 6 nitrogen and oxygen atoms in total. The van der Waals surface area contributed by atoms with Gasteiger partial charge in [0.1, 0.15) is 24.1 Å². The molecule has 0 aliphatic carbocycles. The third kappa shape index (κ3) is 8.14. The Morgan fingerprint density at radius 1 is 0.455 bits per heavy atom. The second-order valence-electron chi connectivity index (χ2n) is 13.4. The maximum Gasteiger partial charge on any atom is 0.229 e. The van der Waals surface area contributed by atoms with Gasteiger partial charge in [-0.3, -0.25) is 0 Å². The molecule has 6 atom stereocenters. The van der Waals surface area contributed by atoms with Gasteiger partial charge in [-0.25, -0.2) is 0 Å². The molecule has 2 aliphatic heterocycles. The maximum absolute atomic E-state index is 7.55. The molecule has 0 radical (unpaired) electrons. The van der Waals surface area contributed by atoms with Gasteiger partial charge in [-0.1, -0.05) is 182 Å². The highest BCUT2D eigenvalue weighted by molar-refractivity contribution is 7.69. The van der Waals surface area contributed by atoms with Crippen LogP contribution in [0.3, 0.4) is 0 Å². The standard InChI is InChI=1S/C47H40O6P2/c1-6-19-35(20-7-1)46-48-33-42-43(51-46)44(52-54(38-22-8-2-9-23-38)39-24-10-3-11-25-39)45(47(50-42)49-37-31-30-34-18-16-17-21-36(34)32-37)53-55(40-26-12-4-13-27-40)41-28-14-5-15-29-41/h1-32,42-47H,33H2/t42-,43-,44+,45-,46?,47-/m1/s1. The zero-order valence-corrected chi connectivity index (χ0v) is 31.8. The van der Waals surface area contributed by atoms with E-state index in [0.717, 1.165) is 37.6 Å². The van der Waals surface area contributed by atoms with E-state index in [1.807, 2.05) is 72.8 Å². The van der Waals surface area contributed by atoms with Crippen molar-refractivity contribution < 1.29 is 28.0 Å². The highest BCUT2D eigenvalue weighted by atomic mass is 31.1. The van der Waals surface area contributed by atoms with Gasteiger partial charge >= 0.3 is 0 Å². The summed E-state index contributed by atoms with van der Waals surface area (Å²) in [4.78, 5) is 0. The third-order valence-corrected chi connectivity index (χ3v) is 13.7. The fourth-order valence-electron chi connectivity index (χ4n) is 7.07. The van der Waals surface area contributed by atoms with Gasteiger partial charge in [-0.05, 0) is 22.9 Å². The van der Waals surface area contributed by atoms with Crippen LogP contribution in [0.1, 0.15) is 11.9 Å². The van der Waals surface area contributed by atoms with E-state index in [1.165, 1.54) is 0 Å². The summed E-state index contributed by atoms with van der Waals surface area (Å²) in [6, 6.07) is 66.0. The third-order valence-electron chi connectivity index (χ3n) is 9.75. The monoisotopic (exact) mass is 762 g/mol. The van der Waals surface area contributed by atoms with Crippen molar-refractivity contribution in [1.29, 1.82) is 0 Å². The van der Waals surface area contributed by atoms with Crippen molar-refractivity contribution in [2.75, 3.05) is 6.61 Å². The summed E-state index contributed by atoms with van der Waals surface area (Å²) in [5, 5.41) is 6.49. The highest BCUT2D eigenvalue weighted by Gasteiger charge is 2.54. The van der Waals surface area contributed by atoms with Crippen molar-refractivity contribution in [2.45, 2.75) is 37.0 Å². The van der Waals surface area contributed by atoms with Crippen LogP contribution in [-0.2, 0) is 23.3 Å². The lowest BCUT2D eigenvalue weighted by atomic mass is 9.98. The summed E-state index contributed by atoms with van der Waals surface area (Å²) in [7, 11) is -2.70. The van der Waals surface area contributed by atoms with Crippen LogP contribution in [0.2, 0.25) is 0 Å². The van der Waals surface area contributed by atoms with Crippen molar-refractivity contribution in [3.05, 3.63) is 200 Å². The second kappa shape index (κ2) is 17.0. The van der Waals surface area contributed by atoms with E-state index >= 15 is 0 Å². The van der Waals surface area contributed by atoms with E-state index in [2.05, 4.69) is 121 Å². The second-order valence-corrected chi connectivity index (χ2v) is 17.1. The van der Waals surface area contributed by atoms with Gasteiger partial charge in [0, 0.05) is 26.8 Å². The molecule has 274 valence electrons. The summed E-state index contributed by atoms with van der Waals surface area (Å²) < 4.78 is 42.2. The molecule has 0 spiro atoms. The Balaban J connectivity index is 1.18. The molecular weight excluding hydrogens is 722 g/mol. The average Bonchev–Trinajstić information content (AvgIpc) is 3.26. The van der Waals surface area contributed by atoms with Crippen LogP contribution in [0, 0.1) is 0 Å². The minimum Gasteiger partial charge on any atom is -0.462 e. The van der Waals surface area contributed by atoms with Crippen molar-refractivity contribution >= 4 is 48.3 Å². The first-order chi connectivity index (χ1) is 27.3. The lowest BCUT2D eigenvalue weighted by Crippen LogP contribution is -2.64. The van der Waals surface area contributed by atoms with E-state index in [1.54, 1.807) is 0 Å². The molecule has 0 bridgehead atoms. The van der Waals surface area contributed by atoms with Crippen molar-refractivity contribution in [1.82, 2.24) is 0 Å². The number of hydrogen-bond donors (Lipinski definition) is 0. The van der Waals surface area contributed by atoms with Crippen LogP contribution < -0.4 is 26.0 Å². The summed E-state index contributed by atoms with van der Waals surface area (Å²) >= 11 is 0. The fraction of sp³-hybridized carbons (Fsp3) is 0.149. The minimum atomic E-state index is -1.36. The van der Waals surface area contributed by atoms with E-state index < -0.39 is 53.3 Å². The van der Waals surface area contributed by atoms with E-state index in [4.69, 9.17) is 28.0 Å². The molecule has 7 aromatic rings. The number of benzene rings is 7. The largest absolute Gasteiger partial charge is 0.462 e. The van der Waals surface area contributed by atoms with Gasteiger partial charge in [-0.2, -0.15) is 0 Å². The smallest absolute Gasteiger partial charge is 0.229 e. The van der Waals surface area contributed by atoms with Gasteiger partial charge < -0.3 is 28.0 Å². The molecule has 0 aromatic heterocycles. The van der Waals surface area contributed by atoms with E-state index in [0.29, 0.717) is 5.75 Å². The Morgan fingerprint density at radius 2 is 0.927 bits per heavy atom. The number of fused-ring (bicyclic) bond motifs is 2. The Labute approximate surface area is 324 Å². The fourth-order valence-corrected chi connectivity index (χ4v) is 10.9. The quantitative estimate of drug-likeness (QED) is 0.123. The first-order valence-corrected chi connectivity index (χ1v) is 21.1. The molecule has 2 fully saturated rings. The number of hydrogen-bond acceptors (Lipinski definition) is 6. The predicted octanol–water partition coefficient (Wildman–Crippen LogP) is 8.92. The van der Waals surface area contributed by atoms with Crippen LogP contribution in [0.4, 0.5) is 0 Å². The molecule has 0 N–H and O–H groups in total. The molecule has 0 saturated carbocycles. The lowest BCUT2D eigenvalue weighted by molar-refractivity contribution is -0.342. The van der Waals surface area contributed by atoms with Crippen LogP contribution >= 0.6 is 16.3 Å². The van der Waals surface area contributed by atoms with Crippen molar-refractivity contribution in [3.8, 4) is 5.75 Å². The van der Waals surface area contributed by atoms with E-state index in [9.17, 15) is 0 Å². The molecule has 2 heterocycles. The Kier molecular flexibility index (Phi) is 11.1. The minimum absolute atomic E-state index is 0.287. The first kappa shape index (κ1) is 35.9. The Hall–Kier alpha value is -4.74. The lowest BCUT2D eigenvalue weighted by Gasteiger charge is -2.50. The van der Waals surface area contributed by atoms with Crippen LogP contribution in [0.25, 0.3) is 10.8 Å². The van der Waals surface area contributed by atoms with Gasteiger partial charge in [0.05, 0.1) is 22.9 Å². The Bertz CT molecular complexity index is 2190. The molecule has 2 aliphatic rings. The SMILES string of the molecule is c1ccc(C2OC[C@H]3O[C@@H](Oc4ccc5ccccc5c4)[C@H](OP(c4ccccc4)c4ccccc4)[C@@H](OP(c4ccccc4)c4ccccc4)[C@@H]3O2)cc1. The van der Waals surface area contributed by atoms with Crippen molar-refractivity contribution in [3.63, 3.8) is 0 Å². The first-order valence-electron chi connectivity index (χ1n) is 18.5. The molecule has 9 rings (SSSR count). The molecule has 2 saturated heterocycles. The van der Waals surface area contributed by atoms with Crippen molar-refractivity contribution in [2.24, 2.45) is 0 Å². The van der Waals surface area contributed by atoms with Crippen LogP contribution in [0.15, 0.2) is 194 Å². The highest BCUT2D eigenvalue weighted by Crippen LogP contribution is 2.48. The zero-order chi connectivity index (χ0) is 36.8. The molecule has 1 unspecified atom stereocenters. The van der Waals surface area contributed by atoms with Gasteiger partial charge in [0.2, 0.25) is 6.29 Å². The molecule has 7 aromatic carbocycles. The molecular formula is C47H40O6P2. The van der Waals surface area contributed by atoms with Gasteiger partial charge in [0.25, 0.3) is 0 Å². The van der Waals surface area contributed by atoms with Crippen LogP contribution in [0.5, 0.6) is 5.75 Å². The maximum atomic E-state index is 7.55. The van der Waals surface area contributed by atoms with Crippen LogP contribution in [-0.4, -0.2) is 37.3 Å². The molecule has 55 heavy (non-hydrogen) atoms. The van der Waals surface area contributed by atoms with Gasteiger partial charge in [0.15, 0.2) is 12.4 Å². The van der Waals surface area contributed by atoms with E-state index in [-0.39, 0.29) is 6.61 Å². The Morgan fingerprint density at radius 3 is 1.47 bits per heavy atom. The average molecular weight is 763 g/mol. The summed E-state index contributed by atoms with van der Waals surface area (Å²) in [5.74, 6) is 0.673. The zero-order valence-electron chi connectivity index (χ0n) is 30.0. The number of ether oxygens (including phenoxy) is 4. The summed E-state index contributed by atoms with van der Waals surface area (Å²) in [6.07, 6.45) is -3.90. The molecule has 0 amide bonds. The number of rotatable bonds is 11. The summed E-state index contributed by atoms with van der Waals surface area (Å²) in [5.41, 5.74) is 0.927.